The summed E-state index contributed by atoms with van der Waals surface area (Å²) in [5, 5.41) is 3.31. The van der Waals surface area contributed by atoms with Gasteiger partial charge in [-0.25, -0.2) is 0 Å². The van der Waals surface area contributed by atoms with Crippen LogP contribution in [0, 0.1) is 0 Å². The summed E-state index contributed by atoms with van der Waals surface area (Å²) in [7, 11) is 0. The third-order valence-electron chi connectivity index (χ3n) is 2.83. The van der Waals surface area contributed by atoms with Gasteiger partial charge in [0, 0.05) is 38.3 Å². The maximum atomic E-state index is 11.0. The maximum absolute atomic E-state index is 11.0. The number of nitrogens with two attached hydrogens (primary N) is 1. The Kier molecular flexibility index (Phi) is 7.95. The van der Waals surface area contributed by atoms with Crippen molar-refractivity contribution in [1.82, 2.24) is 10.2 Å². The van der Waals surface area contributed by atoms with E-state index < -0.39 is 0 Å². The van der Waals surface area contributed by atoms with Crippen LogP contribution in [0.25, 0.3) is 0 Å². The Morgan fingerprint density at radius 2 is 1.94 bits per heavy atom. The number of carbonyl (C=O) groups excluding carboxylic acids is 1. The zero-order valence-electron chi connectivity index (χ0n) is 10.1. The van der Waals surface area contributed by atoms with Gasteiger partial charge in [0.2, 0.25) is 5.91 Å². The van der Waals surface area contributed by atoms with Gasteiger partial charge in [-0.2, -0.15) is 0 Å². The van der Waals surface area contributed by atoms with Gasteiger partial charge in [0.05, 0.1) is 0 Å². The largest absolute Gasteiger partial charge is 0.366 e. The normalized spacial score (nSPS) is 15.3. The van der Waals surface area contributed by atoms with Crippen molar-refractivity contribution in [3.8, 4) is 0 Å². The second kappa shape index (κ2) is 8.32. The average Bonchev–Trinajstić information content (AvgIpc) is 2.30. The fourth-order valence-electron chi connectivity index (χ4n) is 1.95. The Hall–Kier alpha value is -0.810. The van der Waals surface area contributed by atoms with Crippen LogP contribution in [-0.4, -0.2) is 37.0 Å². The van der Waals surface area contributed by atoms with E-state index in [1.807, 2.05) is 18.2 Å². The van der Waals surface area contributed by atoms with E-state index in [4.69, 9.17) is 5.73 Å². The van der Waals surface area contributed by atoms with Gasteiger partial charge >= 0.3 is 0 Å². The molecule has 1 aliphatic heterocycles. The number of rotatable bonds is 3. The molecule has 0 saturated carbocycles. The lowest BCUT2D eigenvalue weighted by Crippen LogP contribution is -2.42. The van der Waals surface area contributed by atoms with E-state index in [2.05, 4.69) is 10.2 Å². The molecule has 1 amide bonds. The molecule has 0 radical (unpaired) electrons. The van der Waals surface area contributed by atoms with Gasteiger partial charge in [0.15, 0.2) is 0 Å². The highest BCUT2D eigenvalue weighted by atomic mass is 35.5. The van der Waals surface area contributed by atoms with Gasteiger partial charge in [-0.05, 0) is 17.7 Å². The molecule has 2 rings (SSSR count). The fourth-order valence-corrected chi connectivity index (χ4v) is 1.95. The van der Waals surface area contributed by atoms with Crippen molar-refractivity contribution in [3.05, 3.63) is 35.4 Å². The first-order valence-electron chi connectivity index (χ1n) is 5.57. The van der Waals surface area contributed by atoms with Gasteiger partial charge in [0.25, 0.3) is 0 Å². The molecule has 18 heavy (non-hydrogen) atoms. The molecule has 3 N–H and O–H groups in total. The first kappa shape index (κ1) is 17.2. The minimum absolute atomic E-state index is 0. The molecular weight excluding hydrogens is 273 g/mol. The topological polar surface area (TPSA) is 58.4 Å². The van der Waals surface area contributed by atoms with Crippen molar-refractivity contribution in [2.24, 2.45) is 5.73 Å². The van der Waals surface area contributed by atoms with Gasteiger partial charge < -0.3 is 11.1 Å². The minimum atomic E-state index is -0.359. The van der Waals surface area contributed by atoms with Crippen LogP contribution in [0.5, 0.6) is 0 Å². The second-order valence-electron chi connectivity index (χ2n) is 4.09. The first-order chi connectivity index (χ1) is 7.75. The lowest BCUT2D eigenvalue weighted by atomic mass is 10.1. The molecule has 1 aromatic rings. The average molecular weight is 292 g/mol. The molecule has 1 aromatic carbocycles. The predicted octanol–water partition coefficient (Wildman–Crippen LogP) is 1.03. The molecule has 1 aliphatic rings. The Balaban J connectivity index is 0.00000144. The first-order valence-corrected chi connectivity index (χ1v) is 5.57. The van der Waals surface area contributed by atoms with E-state index in [-0.39, 0.29) is 30.7 Å². The molecular formula is C12H19Cl2N3O. The number of amides is 1. The zero-order chi connectivity index (χ0) is 11.4. The summed E-state index contributed by atoms with van der Waals surface area (Å²) in [4.78, 5) is 13.4. The summed E-state index contributed by atoms with van der Waals surface area (Å²) in [6.45, 7) is 5.08. The van der Waals surface area contributed by atoms with Crippen molar-refractivity contribution in [2.45, 2.75) is 6.54 Å². The van der Waals surface area contributed by atoms with Gasteiger partial charge in [0.1, 0.15) is 0 Å². The molecule has 0 unspecified atom stereocenters. The van der Waals surface area contributed by atoms with Crippen LogP contribution in [0.2, 0.25) is 0 Å². The van der Waals surface area contributed by atoms with E-state index in [9.17, 15) is 4.79 Å². The highest BCUT2D eigenvalue weighted by molar-refractivity contribution is 5.92. The molecule has 0 atom stereocenters. The molecule has 1 heterocycles. The van der Waals surface area contributed by atoms with Crippen LogP contribution >= 0.6 is 24.8 Å². The number of hydrogen-bond acceptors (Lipinski definition) is 3. The van der Waals surface area contributed by atoms with E-state index in [1.165, 1.54) is 0 Å². The standard InChI is InChI=1S/C12H17N3O.2ClH/c13-12(16)11-3-1-2-10(8-11)9-15-6-4-14-5-7-15;;/h1-3,8,14H,4-7,9H2,(H2,13,16);2*1H. The molecule has 1 saturated heterocycles. The highest BCUT2D eigenvalue weighted by Gasteiger charge is 2.10. The van der Waals surface area contributed by atoms with Crippen LogP contribution in [-0.2, 0) is 6.54 Å². The number of carbonyl (C=O) groups is 1. The maximum Gasteiger partial charge on any atom is 0.248 e. The summed E-state index contributed by atoms with van der Waals surface area (Å²) in [6, 6.07) is 7.56. The fraction of sp³-hybridized carbons (Fsp3) is 0.417. The summed E-state index contributed by atoms with van der Waals surface area (Å²) in [6.07, 6.45) is 0. The van der Waals surface area contributed by atoms with E-state index in [0.717, 1.165) is 38.3 Å². The second-order valence-corrected chi connectivity index (χ2v) is 4.09. The molecule has 0 aliphatic carbocycles. The molecule has 102 valence electrons. The van der Waals surface area contributed by atoms with Crippen LogP contribution in [0.15, 0.2) is 24.3 Å². The van der Waals surface area contributed by atoms with Gasteiger partial charge in [-0.1, -0.05) is 12.1 Å². The zero-order valence-corrected chi connectivity index (χ0v) is 11.7. The van der Waals surface area contributed by atoms with Crippen molar-refractivity contribution in [2.75, 3.05) is 26.2 Å². The quantitative estimate of drug-likeness (QED) is 0.875. The Bertz CT molecular complexity index is 381. The molecule has 0 spiro atoms. The smallest absolute Gasteiger partial charge is 0.248 e. The Labute approximate surface area is 120 Å². The van der Waals surface area contributed by atoms with Crippen molar-refractivity contribution < 1.29 is 4.79 Å². The van der Waals surface area contributed by atoms with Crippen LogP contribution in [0.3, 0.4) is 0 Å². The number of halogens is 2. The summed E-state index contributed by atoms with van der Waals surface area (Å²) < 4.78 is 0. The Morgan fingerprint density at radius 3 is 2.56 bits per heavy atom. The highest BCUT2D eigenvalue weighted by Crippen LogP contribution is 2.08. The predicted molar refractivity (Wildman–Crippen MR) is 77.6 cm³/mol. The van der Waals surface area contributed by atoms with Crippen LogP contribution in [0.4, 0.5) is 0 Å². The number of piperazine rings is 1. The van der Waals surface area contributed by atoms with E-state index in [0.29, 0.717) is 5.56 Å². The third-order valence-corrected chi connectivity index (χ3v) is 2.83. The SMILES string of the molecule is Cl.Cl.NC(=O)c1cccc(CN2CCNCC2)c1. The summed E-state index contributed by atoms with van der Waals surface area (Å²) >= 11 is 0. The number of benzene rings is 1. The van der Waals surface area contributed by atoms with E-state index in [1.54, 1.807) is 6.07 Å². The molecule has 4 nitrogen and oxygen atoms in total. The minimum Gasteiger partial charge on any atom is -0.366 e. The lowest BCUT2D eigenvalue weighted by Gasteiger charge is -2.27. The Morgan fingerprint density at radius 1 is 1.28 bits per heavy atom. The monoisotopic (exact) mass is 291 g/mol. The van der Waals surface area contributed by atoms with Crippen molar-refractivity contribution in [1.29, 1.82) is 0 Å². The van der Waals surface area contributed by atoms with Crippen molar-refractivity contribution >= 4 is 30.7 Å². The van der Waals surface area contributed by atoms with Crippen molar-refractivity contribution in [3.63, 3.8) is 0 Å². The number of nitrogens with one attached hydrogen (secondary N) is 1. The van der Waals surface area contributed by atoms with Gasteiger partial charge in [-0.15, -0.1) is 24.8 Å². The molecule has 1 fully saturated rings. The molecule has 0 aromatic heterocycles. The third kappa shape index (κ3) is 4.82. The van der Waals surface area contributed by atoms with Crippen LogP contribution < -0.4 is 11.1 Å². The van der Waals surface area contributed by atoms with E-state index >= 15 is 0 Å². The summed E-state index contributed by atoms with van der Waals surface area (Å²) in [5.41, 5.74) is 6.99. The number of hydrogen-bond donors (Lipinski definition) is 2. The molecule has 0 bridgehead atoms. The molecule has 6 heteroatoms. The lowest BCUT2D eigenvalue weighted by molar-refractivity contribution is 0.1000. The number of primary amides is 1. The van der Waals surface area contributed by atoms with Crippen LogP contribution in [0.1, 0.15) is 15.9 Å². The number of nitrogens with zero attached hydrogens (tertiary/aromatic N) is 1. The summed E-state index contributed by atoms with van der Waals surface area (Å²) in [5.74, 6) is -0.359. The van der Waals surface area contributed by atoms with Gasteiger partial charge in [-0.3, -0.25) is 9.69 Å².